The molecule has 25 heavy (non-hydrogen) atoms. The van der Waals surface area contributed by atoms with Crippen molar-refractivity contribution in [2.45, 2.75) is 12.2 Å². The van der Waals surface area contributed by atoms with Crippen LogP contribution >= 0.6 is 12.2 Å². The molecule has 1 aromatic rings. The van der Waals surface area contributed by atoms with Crippen LogP contribution in [0.5, 0.6) is 0 Å². The molecule has 1 fully saturated rings. The number of rotatable bonds is 7. The number of sulfonamides is 1. The maximum Gasteiger partial charge on any atom is 0.218 e. The van der Waals surface area contributed by atoms with Crippen molar-refractivity contribution in [2.24, 2.45) is 0 Å². The number of benzene rings is 1. The van der Waals surface area contributed by atoms with Crippen molar-refractivity contribution in [3.63, 3.8) is 0 Å². The first-order chi connectivity index (χ1) is 11.9. The maximum atomic E-state index is 12.6. The smallest absolute Gasteiger partial charge is 0.218 e. The first kappa shape index (κ1) is 20.1. The Labute approximate surface area is 156 Å². The van der Waals surface area contributed by atoms with Gasteiger partial charge in [0.15, 0.2) is 5.11 Å². The van der Waals surface area contributed by atoms with E-state index in [0.29, 0.717) is 26.2 Å². The Morgan fingerprint density at radius 3 is 2.40 bits per heavy atom. The monoisotopic (exact) mass is 384 g/mol. The highest BCUT2D eigenvalue weighted by molar-refractivity contribution is 7.88. The molecular formula is C17H28N4O2S2. The molecule has 0 aromatic heterocycles. The van der Waals surface area contributed by atoms with Crippen LogP contribution in [-0.4, -0.2) is 81.0 Å². The van der Waals surface area contributed by atoms with Gasteiger partial charge in [-0.3, -0.25) is 0 Å². The minimum absolute atomic E-state index is 0.0566. The largest absolute Gasteiger partial charge is 0.363 e. The van der Waals surface area contributed by atoms with Crippen molar-refractivity contribution in [1.29, 1.82) is 0 Å². The van der Waals surface area contributed by atoms with Gasteiger partial charge in [-0.05, 0) is 44.8 Å². The van der Waals surface area contributed by atoms with E-state index in [1.54, 1.807) is 4.31 Å². The molecule has 6 nitrogen and oxygen atoms in total. The summed E-state index contributed by atoms with van der Waals surface area (Å²) < 4.78 is 26.7. The quantitative estimate of drug-likeness (QED) is 0.558. The van der Waals surface area contributed by atoms with Crippen molar-refractivity contribution < 1.29 is 8.42 Å². The maximum absolute atomic E-state index is 12.6. The van der Waals surface area contributed by atoms with E-state index in [9.17, 15) is 8.42 Å². The fourth-order valence-corrected chi connectivity index (χ4v) is 4.55. The molecule has 0 spiro atoms. The number of hydrogen-bond donors (Lipinski definition) is 1. The van der Waals surface area contributed by atoms with Crippen LogP contribution < -0.4 is 5.32 Å². The summed E-state index contributed by atoms with van der Waals surface area (Å²) in [5.74, 6) is 0.0566. The molecule has 1 aliphatic rings. The number of thiocarbonyl (C=S) groups is 1. The van der Waals surface area contributed by atoms with Crippen LogP contribution in [0.1, 0.15) is 12.0 Å². The second kappa shape index (κ2) is 9.47. The summed E-state index contributed by atoms with van der Waals surface area (Å²) in [5, 5.41) is 3.99. The van der Waals surface area contributed by atoms with E-state index in [-0.39, 0.29) is 5.75 Å². The fourth-order valence-electron chi connectivity index (χ4n) is 2.75. The summed E-state index contributed by atoms with van der Waals surface area (Å²) in [6.07, 6.45) is 1.03. The van der Waals surface area contributed by atoms with Gasteiger partial charge >= 0.3 is 0 Å². The van der Waals surface area contributed by atoms with E-state index in [2.05, 4.69) is 15.1 Å². The predicted molar refractivity (Wildman–Crippen MR) is 106 cm³/mol. The van der Waals surface area contributed by atoms with Crippen LogP contribution in [0.3, 0.4) is 0 Å². The summed E-state index contributed by atoms with van der Waals surface area (Å²) >= 11 is 5.42. The van der Waals surface area contributed by atoms with Gasteiger partial charge in [0, 0.05) is 32.7 Å². The lowest BCUT2D eigenvalue weighted by molar-refractivity contribution is 0.263. The SMILES string of the molecule is CN(C)CCCNC(=S)N1CCN(S(=O)(=O)Cc2ccccc2)CC1. The Morgan fingerprint density at radius 2 is 1.80 bits per heavy atom. The molecule has 0 radical (unpaired) electrons. The molecule has 140 valence electrons. The first-order valence-corrected chi connectivity index (χ1v) is 10.6. The molecular weight excluding hydrogens is 356 g/mol. The normalized spacial score (nSPS) is 16.2. The summed E-state index contributed by atoms with van der Waals surface area (Å²) in [6, 6.07) is 9.31. The van der Waals surface area contributed by atoms with Crippen molar-refractivity contribution in [3.8, 4) is 0 Å². The molecule has 0 aliphatic carbocycles. The molecule has 1 aliphatic heterocycles. The molecule has 1 heterocycles. The Morgan fingerprint density at radius 1 is 1.16 bits per heavy atom. The lowest BCUT2D eigenvalue weighted by atomic mass is 10.2. The lowest BCUT2D eigenvalue weighted by Gasteiger charge is -2.35. The molecule has 0 bridgehead atoms. The average molecular weight is 385 g/mol. The van der Waals surface area contributed by atoms with Crippen molar-refractivity contribution in [1.82, 2.24) is 19.4 Å². The fraction of sp³-hybridized carbons (Fsp3) is 0.588. The van der Waals surface area contributed by atoms with E-state index in [1.165, 1.54) is 0 Å². The molecule has 2 rings (SSSR count). The molecule has 0 atom stereocenters. The highest BCUT2D eigenvalue weighted by Gasteiger charge is 2.27. The summed E-state index contributed by atoms with van der Waals surface area (Å²) in [6.45, 7) is 4.08. The second-order valence-corrected chi connectivity index (χ2v) is 8.87. The van der Waals surface area contributed by atoms with Gasteiger partial charge in [0.05, 0.1) is 5.75 Å². The van der Waals surface area contributed by atoms with Gasteiger partial charge in [0.25, 0.3) is 0 Å². The minimum Gasteiger partial charge on any atom is -0.363 e. The van der Waals surface area contributed by atoms with Crippen LogP contribution in [-0.2, 0) is 15.8 Å². The van der Waals surface area contributed by atoms with Gasteiger partial charge in [0.2, 0.25) is 10.0 Å². The first-order valence-electron chi connectivity index (χ1n) is 8.58. The molecule has 8 heteroatoms. The molecule has 1 aromatic carbocycles. The van der Waals surface area contributed by atoms with E-state index < -0.39 is 10.0 Å². The summed E-state index contributed by atoms with van der Waals surface area (Å²) in [5.41, 5.74) is 0.822. The van der Waals surface area contributed by atoms with Gasteiger partial charge in [0.1, 0.15) is 0 Å². The Bertz CT molecular complexity index is 642. The van der Waals surface area contributed by atoms with E-state index in [1.807, 2.05) is 44.4 Å². The van der Waals surface area contributed by atoms with Gasteiger partial charge in [-0.1, -0.05) is 30.3 Å². The van der Waals surface area contributed by atoms with E-state index in [4.69, 9.17) is 12.2 Å². The van der Waals surface area contributed by atoms with E-state index >= 15 is 0 Å². The van der Waals surface area contributed by atoms with E-state index in [0.717, 1.165) is 30.2 Å². The Hall–Kier alpha value is -1.22. The van der Waals surface area contributed by atoms with Crippen LogP contribution in [0, 0.1) is 0 Å². The van der Waals surface area contributed by atoms with Crippen molar-refractivity contribution in [2.75, 3.05) is 53.4 Å². The van der Waals surface area contributed by atoms with Crippen LogP contribution in [0.4, 0.5) is 0 Å². The third-order valence-electron chi connectivity index (χ3n) is 4.17. The number of nitrogens with zero attached hydrogens (tertiary/aromatic N) is 3. The van der Waals surface area contributed by atoms with Crippen molar-refractivity contribution >= 4 is 27.4 Å². The average Bonchev–Trinajstić information content (AvgIpc) is 2.59. The Balaban J connectivity index is 1.77. The van der Waals surface area contributed by atoms with Crippen LogP contribution in [0.15, 0.2) is 30.3 Å². The van der Waals surface area contributed by atoms with Gasteiger partial charge in [-0.25, -0.2) is 8.42 Å². The lowest BCUT2D eigenvalue weighted by Crippen LogP contribution is -2.53. The highest BCUT2D eigenvalue weighted by Crippen LogP contribution is 2.13. The zero-order chi connectivity index (χ0) is 18.3. The van der Waals surface area contributed by atoms with Crippen molar-refractivity contribution in [3.05, 3.63) is 35.9 Å². The number of hydrogen-bond acceptors (Lipinski definition) is 4. The molecule has 0 unspecified atom stereocenters. The third-order valence-corrected chi connectivity index (χ3v) is 6.42. The molecule has 0 amide bonds. The summed E-state index contributed by atoms with van der Waals surface area (Å²) in [7, 11) is 0.820. The topological polar surface area (TPSA) is 55.9 Å². The molecule has 1 N–H and O–H groups in total. The second-order valence-electron chi connectivity index (χ2n) is 6.52. The molecule has 1 saturated heterocycles. The predicted octanol–water partition coefficient (Wildman–Crippen LogP) is 0.960. The van der Waals surface area contributed by atoms with Gasteiger partial charge in [-0.15, -0.1) is 0 Å². The van der Waals surface area contributed by atoms with Crippen LogP contribution in [0.2, 0.25) is 0 Å². The zero-order valence-electron chi connectivity index (χ0n) is 15.0. The third kappa shape index (κ3) is 6.54. The minimum atomic E-state index is -3.28. The number of nitrogens with one attached hydrogen (secondary N) is 1. The summed E-state index contributed by atoms with van der Waals surface area (Å²) in [4.78, 5) is 4.20. The van der Waals surface area contributed by atoms with Gasteiger partial charge in [-0.2, -0.15) is 4.31 Å². The number of piperazine rings is 1. The highest BCUT2D eigenvalue weighted by atomic mass is 32.2. The standard InChI is InChI=1S/C17H28N4O2S2/c1-19(2)10-6-9-18-17(24)20-11-13-21(14-12-20)25(22,23)15-16-7-4-3-5-8-16/h3-5,7-8H,6,9-15H2,1-2H3,(H,18,24). The Kier molecular flexibility index (Phi) is 7.61. The molecule has 0 saturated carbocycles. The van der Waals surface area contributed by atoms with Crippen LogP contribution in [0.25, 0.3) is 0 Å². The zero-order valence-corrected chi connectivity index (χ0v) is 16.7. The van der Waals surface area contributed by atoms with Gasteiger partial charge < -0.3 is 15.1 Å².